The minimum atomic E-state index is -1.16. The van der Waals surface area contributed by atoms with Crippen molar-refractivity contribution in [3.63, 3.8) is 0 Å². The Morgan fingerprint density at radius 3 is 2.53 bits per heavy atom. The van der Waals surface area contributed by atoms with E-state index in [-0.39, 0.29) is 29.9 Å². The Bertz CT molecular complexity index is 1060. The lowest BCUT2D eigenvalue weighted by atomic mass is 9.70. The van der Waals surface area contributed by atoms with Crippen LogP contribution in [0.4, 0.5) is 5.69 Å². The summed E-state index contributed by atoms with van der Waals surface area (Å²) in [6.45, 7) is 2.84. The highest BCUT2D eigenvalue weighted by Gasteiger charge is 2.76. The highest BCUT2D eigenvalue weighted by Crippen LogP contribution is 2.60. The highest BCUT2D eigenvalue weighted by atomic mass is 16.5. The molecule has 4 fully saturated rings. The van der Waals surface area contributed by atoms with Gasteiger partial charge in [0.2, 0.25) is 17.7 Å². The van der Waals surface area contributed by atoms with Gasteiger partial charge in [0.05, 0.1) is 23.5 Å². The van der Waals surface area contributed by atoms with Crippen molar-refractivity contribution in [2.24, 2.45) is 11.8 Å². The molecular weight excluding hydrogens is 458 g/mol. The number of rotatable bonds is 6. The monoisotopic (exact) mass is 493 g/mol. The Morgan fingerprint density at radius 1 is 1.03 bits per heavy atom. The van der Waals surface area contributed by atoms with Crippen LogP contribution in [-0.4, -0.2) is 65.2 Å². The molecule has 6 rings (SSSR count). The molecule has 36 heavy (non-hydrogen) atoms. The summed E-state index contributed by atoms with van der Waals surface area (Å²) in [4.78, 5) is 43.2. The molecule has 3 amide bonds. The number of likely N-dealkylation sites (tertiary alicyclic amines) is 1. The van der Waals surface area contributed by atoms with Crippen molar-refractivity contribution < 1.29 is 23.9 Å². The molecule has 1 aromatic carbocycles. The number of hydrogen-bond acceptors (Lipinski definition) is 5. The van der Waals surface area contributed by atoms with Gasteiger partial charge in [-0.2, -0.15) is 0 Å². The number of nitrogens with zero attached hydrogens (tertiary/aromatic N) is 1. The molecule has 2 N–H and O–H groups in total. The van der Waals surface area contributed by atoms with Crippen LogP contribution in [0.25, 0.3) is 0 Å². The molecule has 5 aliphatic rings. The van der Waals surface area contributed by atoms with Gasteiger partial charge in [0.1, 0.15) is 11.6 Å². The van der Waals surface area contributed by atoms with Gasteiger partial charge in [0, 0.05) is 24.9 Å². The zero-order valence-corrected chi connectivity index (χ0v) is 20.8. The fraction of sp³-hybridized carbons (Fsp3) is 0.607. The minimum Gasteiger partial charge on any atom is -0.376 e. The summed E-state index contributed by atoms with van der Waals surface area (Å²) in [7, 11) is 0. The Kier molecular flexibility index (Phi) is 5.91. The summed E-state index contributed by atoms with van der Waals surface area (Å²) in [5.74, 6) is -2.16. The van der Waals surface area contributed by atoms with Crippen molar-refractivity contribution in [2.45, 2.75) is 81.3 Å². The van der Waals surface area contributed by atoms with Crippen molar-refractivity contribution in [1.29, 1.82) is 0 Å². The van der Waals surface area contributed by atoms with E-state index in [0.717, 1.165) is 38.5 Å². The van der Waals surface area contributed by atoms with Crippen LogP contribution in [0, 0.1) is 11.8 Å². The second kappa shape index (κ2) is 8.99. The van der Waals surface area contributed by atoms with Crippen LogP contribution in [-0.2, 0) is 23.9 Å². The number of hydrogen-bond donors (Lipinski definition) is 2. The molecule has 0 unspecified atom stereocenters. The highest BCUT2D eigenvalue weighted by molar-refractivity contribution is 6.03. The zero-order valence-electron chi connectivity index (χ0n) is 20.8. The summed E-state index contributed by atoms with van der Waals surface area (Å²) in [5.41, 5.74) is -1.46. The molecule has 1 aliphatic carbocycles. The van der Waals surface area contributed by atoms with Crippen molar-refractivity contribution in [1.82, 2.24) is 10.2 Å². The summed E-state index contributed by atoms with van der Waals surface area (Å²) < 4.78 is 12.4. The van der Waals surface area contributed by atoms with Gasteiger partial charge in [0.15, 0.2) is 0 Å². The lowest BCUT2D eigenvalue weighted by molar-refractivity contribution is -0.145. The Hall–Kier alpha value is -2.71. The largest absolute Gasteiger partial charge is 0.376 e. The molecule has 1 spiro atoms. The number of amides is 3. The van der Waals surface area contributed by atoms with Crippen molar-refractivity contribution >= 4 is 23.4 Å². The van der Waals surface area contributed by atoms with Crippen LogP contribution in [0.3, 0.4) is 0 Å². The van der Waals surface area contributed by atoms with Gasteiger partial charge in [-0.3, -0.25) is 14.4 Å². The molecule has 3 saturated heterocycles. The molecule has 192 valence electrons. The number of carbonyl (C=O) groups excluding carboxylic acids is 3. The van der Waals surface area contributed by atoms with Gasteiger partial charge in [-0.25, -0.2) is 0 Å². The van der Waals surface area contributed by atoms with Crippen LogP contribution in [0.5, 0.6) is 0 Å². The van der Waals surface area contributed by atoms with E-state index in [0.29, 0.717) is 18.8 Å². The number of para-hydroxylation sites is 1. The number of nitrogens with one attached hydrogen (secondary N) is 2. The van der Waals surface area contributed by atoms with Gasteiger partial charge in [0.25, 0.3) is 0 Å². The Morgan fingerprint density at radius 2 is 1.81 bits per heavy atom. The second-order valence-corrected chi connectivity index (χ2v) is 11.2. The maximum atomic E-state index is 14.1. The zero-order chi connectivity index (χ0) is 24.9. The molecular formula is C28H35N3O5. The fourth-order valence-electron chi connectivity index (χ4n) is 7.10. The number of benzene rings is 1. The first-order chi connectivity index (χ1) is 17.4. The van der Waals surface area contributed by atoms with Crippen LogP contribution in [0.15, 0.2) is 42.5 Å². The maximum Gasteiger partial charge on any atom is 0.246 e. The SMILES string of the molecule is C[C@@]12C=C[C@@]3(O1)[C@H](C(=O)N(C[C@@H]1CCCO1)[C@H]3C(=O)NC1CCCCC1)[C@H]2C(=O)Nc1ccccc1. The average molecular weight is 494 g/mol. The molecule has 4 aliphatic heterocycles. The van der Waals surface area contributed by atoms with E-state index >= 15 is 0 Å². The number of anilines is 1. The predicted octanol–water partition coefficient (Wildman–Crippen LogP) is 2.79. The first-order valence-corrected chi connectivity index (χ1v) is 13.4. The first kappa shape index (κ1) is 23.7. The predicted molar refractivity (Wildman–Crippen MR) is 133 cm³/mol. The third-order valence-corrected chi connectivity index (χ3v) is 8.74. The molecule has 0 radical (unpaired) electrons. The standard InChI is InChI=1S/C28H35N3O5/c1-27-14-15-28(36-27)22(21(27)24(32)29-18-9-4-2-5-10-18)26(34)31(17-20-13-8-16-35-20)23(28)25(33)30-19-11-6-3-7-12-19/h2,4-5,9-10,14-15,19-23H,3,6-8,11-13,16-17H2,1H3,(H,29,32)(H,30,33)/t20-,21-,22-,23-,27-,28+/m0/s1. The first-order valence-electron chi connectivity index (χ1n) is 13.4. The van der Waals surface area contributed by atoms with Gasteiger partial charge in [-0.1, -0.05) is 49.6 Å². The minimum absolute atomic E-state index is 0.108. The van der Waals surface area contributed by atoms with Crippen molar-refractivity contribution in [3.8, 4) is 0 Å². The van der Waals surface area contributed by atoms with Crippen molar-refractivity contribution in [3.05, 3.63) is 42.5 Å². The van der Waals surface area contributed by atoms with Crippen LogP contribution in [0.1, 0.15) is 51.9 Å². The third kappa shape index (κ3) is 3.77. The number of fused-ring (bicyclic) bond motifs is 1. The van der Waals surface area contributed by atoms with Crippen molar-refractivity contribution in [2.75, 3.05) is 18.5 Å². The van der Waals surface area contributed by atoms with Crippen LogP contribution < -0.4 is 10.6 Å². The van der Waals surface area contributed by atoms with E-state index in [9.17, 15) is 14.4 Å². The van der Waals surface area contributed by atoms with Gasteiger partial charge in [-0.05, 0) is 44.7 Å². The smallest absolute Gasteiger partial charge is 0.246 e. The molecule has 2 bridgehead atoms. The van der Waals surface area contributed by atoms with Gasteiger partial charge in [-0.15, -0.1) is 0 Å². The molecule has 8 heteroatoms. The van der Waals surface area contributed by atoms with E-state index in [1.807, 2.05) is 49.4 Å². The summed E-state index contributed by atoms with van der Waals surface area (Å²) in [6, 6.07) is 8.51. The van der Waals surface area contributed by atoms with E-state index in [1.54, 1.807) is 4.90 Å². The van der Waals surface area contributed by atoms with Crippen LogP contribution in [0.2, 0.25) is 0 Å². The summed E-state index contributed by atoms with van der Waals surface area (Å²) >= 11 is 0. The van der Waals surface area contributed by atoms with E-state index in [1.165, 1.54) is 6.42 Å². The van der Waals surface area contributed by atoms with Gasteiger partial charge >= 0.3 is 0 Å². The molecule has 1 aromatic rings. The normalized spacial score (nSPS) is 37.4. The summed E-state index contributed by atoms with van der Waals surface area (Å²) in [5, 5.41) is 6.21. The Labute approximate surface area is 211 Å². The molecule has 0 aromatic heterocycles. The van der Waals surface area contributed by atoms with E-state index in [4.69, 9.17) is 9.47 Å². The third-order valence-electron chi connectivity index (χ3n) is 8.74. The number of ether oxygens (including phenoxy) is 2. The maximum absolute atomic E-state index is 14.1. The molecule has 8 nitrogen and oxygen atoms in total. The fourth-order valence-corrected chi connectivity index (χ4v) is 7.10. The molecule has 4 heterocycles. The average Bonchev–Trinajstić information content (AvgIpc) is 3.61. The van der Waals surface area contributed by atoms with E-state index < -0.39 is 29.1 Å². The molecule has 6 atom stereocenters. The van der Waals surface area contributed by atoms with Crippen LogP contribution >= 0.6 is 0 Å². The van der Waals surface area contributed by atoms with E-state index in [2.05, 4.69) is 10.6 Å². The second-order valence-electron chi connectivity index (χ2n) is 11.2. The quantitative estimate of drug-likeness (QED) is 0.594. The van der Waals surface area contributed by atoms with Gasteiger partial charge < -0.3 is 25.0 Å². The Balaban J connectivity index is 1.33. The lowest BCUT2D eigenvalue weighted by Gasteiger charge is -2.35. The lowest BCUT2D eigenvalue weighted by Crippen LogP contribution is -2.57. The summed E-state index contributed by atoms with van der Waals surface area (Å²) in [6.07, 6.45) is 10.7. The topological polar surface area (TPSA) is 97.0 Å². The molecule has 1 saturated carbocycles. The number of carbonyl (C=O) groups is 3.